The maximum atomic E-state index is 8.66. The van der Waals surface area contributed by atoms with E-state index in [1.54, 1.807) is 6.07 Å². The number of likely N-dealkylation sites (N-methyl/N-ethyl adjacent to an activating group) is 1. The van der Waals surface area contributed by atoms with Gasteiger partial charge in [0.05, 0.1) is 6.54 Å². The Bertz CT molecular complexity index is 376. The number of rotatable bonds is 6. The molecule has 4 heteroatoms. The molecular weight excluding hydrogens is 214 g/mol. The Morgan fingerprint density at radius 3 is 2.59 bits per heavy atom. The molecule has 1 heterocycles. The van der Waals surface area contributed by atoms with Crippen molar-refractivity contribution in [1.82, 2.24) is 10.2 Å². The minimum Gasteiger partial charge on any atom is -0.449 e. The van der Waals surface area contributed by atoms with Gasteiger partial charge in [0, 0.05) is 12.6 Å². The topological polar surface area (TPSA) is 52.2 Å². The summed E-state index contributed by atoms with van der Waals surface area (Å²) in [5, 5.41) is 12.1. The van der Waals surface area contributed by atoms with Gasteiger partial charge in [-0.1, -0.05) is 13.8 Å². The molecule has 0 amide bonds. The van der Waals surface area contributed by atoms with Gasteiger partial charge in [-0.3, -0.25) is 0 Å². The fourth-order valence-corrected chi connectivity index (χ4v) is 1.67. The Labute approximate surface area is 103 Å². The standard InChI is InChI=1S/C13H21N3O/c1-10(2)13(9-16(3)4)15-8-12-6-5-11(7-14)17-12/h5-6,10,13,15H,8-9H2,1-4H3. The average molecular weight is 235 g/mol. The van der Waals surface area contributed by atoms with Crippen molar-refractivity contribution in [2.75, 3.05) is 20.6 Å². The molecule has 0 spiro atoms. The number of nitrogens with zero attached hydrogens (tertiary/aromatic N) is 2. The van der Waals surface area contributed by atoms with Gasteiger partial charge in [0.2, 0.25) is 5.76 Å². The molecule has 0 aliphatic carbocycles. The fourth-order valence-electron chi connectivity index (χ4n) is 1.67. The van der Waals surface area contributed by atoms with Crippen molar-refractivity contribution in [3.8, 4) is 6.07 Å². The SMILES string of the molecule is CC(C)C(CN(C)C)NCc1ccc(C#N)o1. The predicted octanol–water partition coefficient (Wildman–Crippen LogP) is 1.83. The second kappa shape index (κ2) is 6.43. The Morgan fingerprint density at radius 1 is 1.41 bits per heavy atom. The molecule has 4 nitrogen and oxygen atoms in total. The average Bonchev–Trinajstić information content (AvgIpc) is 2.71. The van der Waals surface area contributed by atoms with E-state index in [-0.39, 0.29) is 0 Å². The zero-order valence-electron chi connectivity index (χ0n) is 11.0. The lowest BCUT2D eigenvalue weighted by molar-refractivity contribution is 0.282. The molecule has 1 rings (SSSR count). The van der Waals surface area contributed by atoms with Crippen LogP contribution in [-0.2, 0) is 6.54 Å². The highest BCUT2D eigenvalue weighted by Gasteiger charge is 2.14. The molecule has 1 atom stereocenters. The molecule has 0 aliphatic heterocycles. The van der Waals surface area contributed by atoms with Crippen LogP contribution in [0.1, 0.15) is 25.4 Å². The number of nitrogens with one attached hydrogen (secondary N) is 1. The summed E-state index contributed by atoms with van der Waals surface area (Å²) in [6, 6.07) is 5.95. The van der Waals surface area contributed by atoms with E-state index in [4.69, 9.17) is 9.68 Å². The largest absolute Gasteiger partial charge is 0.449 e. The van der Waals surface area contributed by atoms with Crippen LogP contribution in [0, 0.1) is 17.2 Å². The van der Waals surface area contributed by atoms with E-state index < -0.39 is 0 Å². The second-order valence-electron chi connectivity index (χ2n) is 4.87. The third-order valence-electron chi connectivity index (χ3n) is 2.68. The lowest BCUT2D eigenvalue weighted by atomic mass is 10.0. The van der Waals surface area contributed by atoms with Gasteiger partial charge in [-0.15, -0.1) is 0 Å². The predicted molar refractivity (Wildman–Crippen MR) is 67.4 cm³/mol. The van der Waals surface area contributed by atoms with Gasteiger partial charge < -0.3 is 14.6 Å². The quantitative estimate of drug-likeness (QED) is 0.817. The molecule has 1 N–H and O–H groups in total. The maximum Gasteiger partial charge on any atom is 0.203 e. The minimum atomic E-state index is 0.371. The van der Waals surface area contributed by atoms with Crippen molar-refractivity contribution < 1.29 is 4.42 Å². The smallest absolute Gasteiger partial charge is 0.203 e. The lowest BCUT2D eigenvalue weighted by Gasteiger charge is -2.25. The molecule has 17 heavy (non-hydrogen) atoms. The Hall–Kier alpha value is -1.31. The Kier molecular flexibility index (Phi) is 5.20. The van der Waals surface area contributed by atoms with E-state index >= 15 is 0 Å². The number of hydrogen-bond donors (Lipinski definition) is 1. The summed E-state index contributed by atoms with van der Waals surface area (Å²) in [5.74, 6) is 1.74. The summed E-state index contributed by atoms with van der Waals surface area (Å²) >= 11 is 0. The van der Waals surface area contributed by atoms with Crippen molar-refractivity contribution >= 4 is 0 Å². The summed E-state index contributed by atoms with van der Waals surface area (Å²) < 4.78 is 5.33. The summed E-state index contributed by atoms with van der Waals surface area (Å²) in [4.78, 5) is 2.17. The molecule has 1 aromatic heterocycles. The van der Waals surface area contributed by atoms with Gasteiger partial charge >= 0.3 is 0 Å². The highest BCUT2D eigenvalue weighted by Crippen LogP contribution is 2.08. The highest BCUT2D eigenvalue weighted by atomic mass is 16.3. The monoisotopic (exact) mass is 235 g/mol. The van der Waals surface area contributed by atoms with E-state index in [1.807, 2.05) is 12.1 Å². The van der Waals surface area contributed by atoms with Gasteiger partial charge in [0.15, 0.2) is 0 Å². The third-order valence-corrected chi connectivity index (χ3v) is 2.68. The van der Waals surface area contributed by atoms with Crippen LogP contribution in [0.4, 0.5) is 0 Å². The molecule has 0 aromatic carbocycles. The van der Waals surface area contributed by atoms with Gasteiger partial charge in [-0.05, 0) is 32.1 Å². The highest BCUT2D eigenvalue weighted by molar-refractivity contribution is 5.18. The minimum absolute atomic E-state index is 0.371. The van der Waals surface area contributed by atoms with Gasteiger partial charge in [0.25, 0.3) is 0 Å². The van der Waals surface area contributed by atoms with Crippen LogP contribution in [0.25, 0.3) is 0 Å². The van der Waals surface area contributed by atoms with Gasteiger partial charge in [0.1, 0.15) is 11.8 Å². The number of furan rings is 1. The number of nitriles is 1. The van der Waals surface area contributed by atoms with E-state index in [9.17, 15) is 0 Å². The first kappa shape index (κ1) is 13.8. The summed E-state index contributed by atoms with van der Waals surface area (Å²) in [7, 11) is 4.13. The molecule has 0 saturated heterocycles. The Morgan fingerprint density at radius 2 is 2.12 bits per heavy atom. The molecule has 0 fully saturated rings. The third kappa shape index (κ3) is 4.59. The fraction of sp³-hybridized carbons (Fsp3) is 0.615. The van der Waals surface area contributed by atoms with Gasteiger partial charge in [-0.25, -0.2) is 0 Å². The van der Waals surface area contributed by atoms with Crippen LogP contribution in [-0.4, -0.2) is 31.6 Å². The molecule has 1 unspecified atom stereocenters. The van der Waals surface area contributed by atoms with Crippen molar-refractivity contribution in [1.29, 1.82) is 5.26 Å². The molecular formula is C13H21N3O. The zero-order valence-corrected chi connectivity index (χ0v) is 11.0. The second-order valence-corrected chi connectivity index (χ2v) is 4.87. The normalized spacial score (nSPS) is 13.0. The van der Waals surface area contributed by atoms with Crippen LogP contribution < -0.4 is 5.32 Å². The van der Waals surface area contributed by atoms with Crippen LogP contribution >= 0.6 is 0 Å². The maximum absolute atomic E-state index is 8.66. The summed E-state index contributed by atoms with van der Waals surface area (Å²) in [6.45, 7) is 6.05. The van der Waals surface area contributed by atoms with Crippen molar-refractivity contribution in [3.05, 3.63) is 23.7 Å². The summed E-state index contributed by atoms with van der Waals surface area (Å²) in [6.07, 6.45) is 0. The van der Waals surface area contributed by atoms with Crippen molar-refractivity contribution in [2.45, 2.75) is 26.4 Å². The molecule has 94 valence electrons. The van der Waals surface area contributed by atoms with Crippen LogP contribution in [0.5, 0.6) is 0 Å². The van der Waals surface area contributed by atoms with Gasteiger partial charge in [-0.2, -0.15) is 5.26 Å². The Balaban J connectivity index is 2.49. The van der Waals surface area contributed by atoms with Crippen LogP contribution in [0.2, 0.25) is 0 Å². The van der Waals surface area contributed by atoms with E-state index in [0.717, 1.165) is 12.3 Å². The molecule has 0 radical (unpaired) electrons. The van der Waals surface area contributed by atoms with E-state index in [2.05, 4.69) is 38.2 Å². The molecule has 0 bridgehead atoms. The van der Waals surface area contributed by atoms with Crippen LogP contribution in [0.3, 0.4) is 0 Å². The molecule has 1 aromatic rings. The lowest BCUT2D eigenvalue weighted by Crippen LogP contribution is -2.41. The van der Waals surface area contributed by atoms with Crippen LogP contribution in [0.15, 0.2) is 16.5 Å². The zero-order chi connectivity index (χ0) is 12.8. The first-order valence-corrected chi connectivity index (χ1v) is 5.90. The van der Waals surface area contributed by atoms with E-state index in [0.29, 0.717) is 24.3 Å². The van der Waals surface area contributed by atoms with Crippen molar-refractivity contribution in [3.63, 3.8) is 0 Å². The molecule has 0 aliphatic rings. The molecule has 0 saturated carbocycles. The van der Waals surface area contributed by atoms with E-state index in [1.165, 1.54) is 0 Å². The first-order valence-electron chi connectivity index (χ1n) is 5.90. The van der Waals surface area contributed by atoms with Crippen molar-refractivity contribution in [2.24, 2.45) is 5.92 Å². The number of hydrogen-bond acceptors (Lipinski definition) is 4. The summed E-state index contributed by atoms with van der Waals surface area (Å²) in [5.41, 5.74) is 0. The first-order chi connectivity index (χ1) is 8.02.